The fourth-order valence-corrected chi connectivity index (χ4v) is 1.68. The molecule has 0 bridgehead atoms. The number of hydrogen-bond donors (Lipinski definition) is 1. The largest absolute Gasteiger partial charge is 0.418 e. The van der Waals surface area contributed by atoms with Gasteiger partial charge in [0.2, 0.25) is 0 Å². The smallest absolute Gasteiger partial charge is 0.381 e. The molecule has 0 heterocycles. The third-order valence-corrected chi connectivity index (χ3v) is 2.71. The number of halogens is 4. The molecule has 0 saturated carbocycles. The van der Waals surface area contributed by atoms with E-state index in [4.69, 9.17) is 16.9 Å². The van der Waals surface area contributed by atoms with Crippen LogP contribution in [0, 0.1) is 11.3 Å². The lowest BCUT2D eigenvalue weighted by Gasteiger charge is -2.19. The van der Waals surface area contributed by atoms with E-state index in [1.54, 1.807) is 6.92 Å². The van der Waals surface area contributed by atoms with Crippen LogP contribution in [-0.4, -0.2) is 6.04 Å². The zero-order chi connectivity index (χ0) is 13.8. The first-order valence-electron chi connectivity index (χ1n) is 5.38. The van der Waals surface area contributed by atoms with E-state index in [1.165, 1.54) is 12.1 Å². The Morgan fingerprint density at radius 2 is 2.11 bits per heavy atom. The molecule has 6 heteroatoms. The number of nitriles is 1. The van der Waals surface area contributed by atoms with Crippen molar-refractivity contribution in [1.82, 2.24) is 0 Å². The van der Waals surface area contributed by atoms with Crippen molar-refractivity contribution in [2.24, 2.45) is 0 Å². The summed E-state index contributed by atoms with van der Waals surface area (Å²) in [5.74, 6) is 0. The molecule has 1 atom stereocenters. The average molecular weight is 277 g/mol. The van der Waals surface area contributed by atoms with Gasteiger partial charge in [0.15, 0.2) is 0 Å². The summed E-state index contributed by atoms with van der Waals surface area (Å²) in [5, 5.41) is 11.3. The van der Waals surface area contributed by atoms with Gasteiger partial charge in [0.05, 0.1) is 18.1 Å². The molecule has 18 heavy (non-hydrogen) atoms. The summed E-state index contributed by atoms with van der Waals surface area (Å²) in [4.78, 5) is 0. The number of anilines is 1. The molecule has 2 nitrogen and oxygen atoms in total. The summed E-state index contributed by atoms with van der Waals surface area (Å²) in [6, 6.07) is 5.18. The van der Waals surface area contributed by atoms with Crippen molar-refractivity contribution >= 4 is 17.3 Å². The molecule has 1 unspecified atom stereocenters. The molecule has 1 rings (SSSR count). The van der Waals surface area contributed by atoms with Crippen molar-refractivity contribution in [1.29, 1.82) is 5.26 Å². The molecule has 1 aromatic carbocycles. The van der Waals surface area contributed by atoms with Gasteiger partial charge < -0.3 is 5.32 Å². The Morgan fingerprint density at radius 1 is 1.44 bits per heavy atom. The predicted octanol–water partition coefficient (Wildman–Crippen LogP) is 4.46. The SMILES string of the molecule is CCC(CC#N)Nc1ccc(Cl)cc1C(F)(F)F. The fourth-order valence-electron chi connectivity index (χ4n) is 1.50. The second kappa shape index (κ2) is 5.96. The van der Waals surface area contributed by atoms with Gasteiger partial charge in [-0.25, -0.2) is 0 Å². The number of rotatable bonds is 4. The van der Waals surface area contributed by atoms with Gasteiger partial charge in [0.25, 0.3) is 0 Å². The molecule has 98 valence electrons. The van der Waals surface area contributed by atoms with Crippen molar-refractivity contribution in [3.05, 3.63) is 28.8 Å². The molecule has 1 aromatic rings. The number of alkyl halides is 3. The molecule has 0 saturated heterocycles. The maximum Gasteiger partial charge on any atom is 0.418 e. The highest BCUT2D eigenvalue weighted by Gasteiger charge is 2.34. The number of benzene rings is 1. The van der Waals surface area contributed by atoms with Crippen LogP contribution in [0.2, 0.25) is 5.02 Å². The molecule has 0 fully saturated rings. The third kappa shape index (κ3) is 3.81. The van der Waals surface area contributed by atoms with E-state index in [-0.39, 0.29) is 23.2 Å². The van der Waals surface area contributed by atoms with Gasteiger partial charge >= 0.3 is 6.18 Å². The Hall–Kier alpha value is -1.41. The molecule has 0 amide bonds. The Labute approximate surface area is 108 Å². The Morgan fingerprint density at radius 3 is 2.61 bits per heavy atom. The lowest BCUT2D eigenvalue weighted by Crippen LogP contribution is -2.20. The van der Waals surface area contributed by atoms with Crippen LogP contribution >= 0.6 is 11.6 Å². The normalized spacial score (nSPS) is 12.9. The van der Waals surface area contributed by atoms with Gasteiger partial charge in [-0.2, -0.15) is 18.4 Å². The summed E-state index contributed by atoms with van der Waals surface area (Å²) in [6.45, 7) is 1.80. The second-order valence-electron chi connectivity index (χ2n) is 3.80. The zero-order valence-electron chi connectivity index (χ0n) is 9.68. The zero-order valence-corrected chi connectivity index (χ0v) is 10.4. The van der Waals surface area contributed by atoms with E-state index >= 15 is 0 Å². The van der Waals surface area contributed by atoms with E-state index in [0.29, 0.717) is 6.42 Å². The third-order valence-electron chi connectivity index (χ3n) is 2.48. The molecule has 0 aliphatic carbocycles. The maximum atomic E-state index is 12.8. The van der Waals surface area contributed by atoms with Crippen LogP contribution < -0.4 is 5.32 Å². The van der Waals surface area contributed by atoms with Crippen LogP contribution in [0.25, 0.3) is 0 Å². The first-order chi connectivity index (χ1) is 8.38. The average Bonchev–Trinajstić information content (AvgIpc) is 2.29. The first-order valence-corrected chi connectivity index (χ1v) is 5.76. The highest BCUT2D eigenvalue weighted by Crippen LogP contribution is 2.36. The second-order valence-corrected chi connectivity index (χ2v) is 4.24. The minimum Gasteiger partial charge on any atom is -0.381 e. The molecule has 0 aliphatic rings. The van der Waals surface area contributed by atoms with Crippen molar-refractivity contribution in [3.8, 4) is 6.07 Å². The lowest BCUT2D eigenvalue weighted by molar-refractivity contribution is -0.137. The van der Waals surface area contributed by atoms with Crippen molar-refractivity contribution in [2.45, 2.75) is 32.0 Å². The quantitative estimate of drug-likeness (QED) is 0.881. The molecular formula is C12H12ClF3N2. The van der Waals surface area contributed by atoms with Gasteiger partial charge in [-0.3, -0.25) is 0 Å². The highest BCUT2D eigenvalue weighted by atomic mass is 35.5. The maximum absolute atomic E-state index is 12.8. The van der Waals surface area contributed by atoms with Crippen molar-refractivity contribution in [2.75, 3.05) is 5.32 Å². The van der Waals surface area contributed by atoms with Gasteiger partial charge in [0.1, 0.15) is 0 Å². The Balaban J connectivity index is 3.05. The van der Waals surface area contributed by atoms with Gasteiger partial charge in [-0.1, -0.05) is 18.5 Å². The number of nitrogens with one attached hydrogen (secondary N) is 1. The van der Waals surface area contributed by atoms with Crippen LogP contribution in [0.5, 0.6) is 0 Å². The highest BCUT2D eigenvalue weighted by molar-refractivity contribution is 6.30. The molecule has 0 radical (unpaired) electrons. The van der Waals surface area contributed by atoms with Crippen LogP contribution in [0.3, 0.4) is 0 Å². The van der Waals surface area contributed by atoms with E-state index in [0.717, 1.165) is 6.07 Å². The summed E-state index contributed by atoms with van der Waals surface area (Å²) < 4.78 is 38.4. The topological polar surface area (TPSA) is 35.8 Å². The first kappa shape index (κ1) is 14.7. The van der Waals surface area contributed by atoms with Crippen molar-refractivity contribution < 1.29 is 13.2 Å². The van der Waals surface area contributed by atoms with Gasteiger partial charge in [0, 0.05) is 16.8 Å². The van der Waals surface area contributed by atoms with Crippen molar-refractivity contribution in [3.63, 3.8) is 0 Å². The van der Waals surface area contributed by atoms with E-state index in [1.807, 2.05) is 6.07 Å². The summed E-state index contributed by atoms with van der Waals surface area (Å²) in [5.41, 5.74) is -0.861. The fraction of sp³-hybridized carbons (Fsp3) is 0.417. The molecular weight excluding hydrogens is 265 g/mol. The van der Waals surface area contributed by atoms with Crippen LogP contribution in [-0.2, 0) is 6.18 Å². The summed E-state index contributed by atoms with van der Waals surface area (Å²) in [6.07, 6.45) is -3.76. The monoisotopic (exact) mass is 276 g/mol. The minimum atomic E-state index is -4.47. The summed E-state index contributed by atoms with van der Waals surface area (Å²) >= 11 is 5.57. The van der Waals surface area contributed by atoms with E-state index < -0.39 is 11.7 Å². The number of hydrogen-bond acceptors (Lipinski definition) is 2. The molecule has 0 aliphatic heterocycles. The standard InChI is InChI=1S/C12H12ClF3N2/c1-2-9(5-6-17)18-11-4-3-8(13)7-10(11)12(14,15)16/h3-4,7,9,18H,2,5H2,1H3. The van der Waals surface area contributed by atoms with Crippen LogP contribution in [0.15, 0.2) is 18.2 Å². The molecule has 0 spiro atoms. The lowest BCUT2D eigenvalue weighted by atomic mass is 10.1. The van der Waals surface area contributed by atoms with Gasteiger partial charge in [-0.15, -0.1) is 0 Å². The van der Waals surface area contributed by atoms with Crippen LogP contribution in [0.1, 0.15) is 25.3 Å². The number of nitrogens with zero attached hydrogens (tertiary/aromatic N) is 1. The molecule has 0 aromatic heterocycles. The van der Waals surface area contributed by atoms with E-state index in [9.17, 15) is 13.2 Å². The Bertz CT molecular complexity index is 452. The minimum absolute atomic E-state index is 0.0289. The van der Waals surface area contributed by atoms with E-state index in [2.05, 4.69) is 5.32 Å². The Kier molecular flexibility index (Phi) is 4.85. The predicted molar refractivity (Wildman–Crippen MR) is 64.4 cm³/mol. The van der Waals surface area contributed by atoms with Crippen LogP contribution in [0.4, 0.5) is 18.9 Å². The summed E-state index contributed by atoms with van der Waals surface area (Å²) in [7, 11) is 0. The molecule has 1 N–H and O–H groups in total. The van der Waals surface area contributed by atoms with Gasteiger partial charge in [-0.05, 0) is 24.6 Å².